The Balaban J connectivity index is 2.12. The van der Waals surface area contributed by atoms with Crippen molar-refractivity contribution in [2.24, 2.45) is 5.18 Å². The second-order valence-electron chi connectivity index (χ2n) is 5.79. The molecular formula is C18H17ClN2O3. The van der Waals surface area contributed by atoms with Crippen molar-refractivity contribution in [2.75, 3.05) is 0 Å². The molecule has 0 unspecified atom stereocenters. The van der Waals surface area contributed by atoms with Gasteiger partial charge < -0.3 is 14.4 Å². The first-order valence-corrected chi connectivity index (χ1v) is 7.97. The molecule has 0 aliphatic rings. The number of ether oxygens (including phenoxy) is 1. The Hall–Kier alpha value is -2.53. The summed E-state index contributed by atoms with van der Waals surface area (Å²) >= 11 is 6.00. The van der Waals surface area contributed by atoms with Crippen LogP contribution in [0.1, 0.15) is 19.4 Å². The van der Waals surface area contributed by atoms with Crippen LogP contribution in [0.4, 0.5) is 5.69 Å². The molecule has 3 rings (SSSR count). The summed E-state index contributed by atoms with van der Waals surface area (Å²) in [6.45, 7) is 4.26. The van der Waals surface area contributed by atoms with Gasteiger partial charge in [-0.2, -0.15) is 0 Å². The van der Waals surface area contributed by atoms with Crippen LogP contribution in [0.2, 0.25) is 5.02 Å². The van der Waals surface area contributed by atoms with Gasteiger partial charge in [0.05, 0.1) is 18.2 Å². The van der Waals surface area contributed by atoms with Gasteiger partial charge >= 0.3 is 0 Å². The maximum atomic E-state index is 11.1. The van der Waals surface area contributed by atoms with E-state index in [9.17, 15) is 10.0 Å². The third-order valence-corrected chi connectivity index (χ3v) is 3.96. The van der Waals surface area contributed by atoms with Crippen molar-refractivity contribution in [1.29, 1.82) is 0 Å². The lowest BCUT2D eigenvalue weighted by atomic mass is 10.2. The third-order valence-electron chi connectivity index (χ3n) is 3.73. The van der Waals surface area contributed by atoms with Crippen LogP contribution >= 0.6 is 11.6 Å². The van der Waals surface area contributed by atoms with Crippen molar-refractivity contribution in [3.8, 4) is 11.6 Å². The van der Waals surface area contributed by atoms with Crippen LogP contribution in [0.15, 0.2) is 47.6 Å². The molecule has 0 saturated carbocycles. The van der Waals surface area contributed by atoms with Crippen LogP contribution in [-0.4, -0.2) is 15.8 Å². The zero-order valence-electron chi connectivity index (χ0n) is 13.4. The maximum absolute atomic E-state index is 11.1. The van der Waals surface area contributed by atoms with Gasteiger partial charge in [0, 0.05) is 16.0 Å². The van der Waals surface area contributed by atoms with Crippen LogP contribution in [0.25, 0.3) is 10.9 Å². The molecule has 0 aliphatic carbocycles. The van der Waals surface area contributed by atoms with Crippen molar-refractivity contribution < 1.29 is 9.84 Å². The van der Waals surface area contributed by atoms with Crippen molar-refractivity contribution >= 4 is 28.2 Å². The summed E-state index contributed by atoms with van der Waals surface area (Å²) in [6, 6.07) is 12.7. The van der Waals surface area contributed by atoms with Gasteiger partial charge in [0.1, 0.15) is 5.75 Å². The molecule has 2 aromatic carbocycles. The number of hydrogen-bond donors (Lipinski definition) is 1. The largest absolute Gasteiger partial charge is 0.493 e. The number of halogens is 1. The van der Waals surface area contributed by atoms with E-state index in [-0.39, 0.29) is 17.7 Å². The summed E-state index contributed by atoms with van der Waals surface area (Å²) in [5, 5.41) is 14.4. The minimum atomic E-state index is -0.179. The number of hydrogen-bond acceptors (Lipinski definition) is 4. The van der Waals surface area contributed by atoms with E-state index in [0.29, 0.717) is 22.5 Å². The number of aromatic hydroxyl groups is 1. The van der Waals surface area contributed by atoms with Crippen LogP contribution in [0.5, 0.6) is 11.6 Å². The second-order valence-corrected chi connectivity index (χ2v) is 6.22. The molecule has 6 heteroatoms. The molecule has 24 heavy (non-hydrogen) atoms. The van der Waals surface area contributed by atoms with Crippen molar-refractivity contribution in [2.45, 2.75) is 26.5 Å². The third kappa shape index (κ3) is 2.95. The number of nitroso groups, excluding NO2 is 1. The highest BCUT2D eigenvalue weighted by molar-refractivity contribution is 6.31. The molecule has 0 radical (unpaired) electrons. The average Bonchev–Trinajstić information content (AvgIpc) is 2.79. The first kappa shape index (κ1) is 16.3. The molecule has 3 aromatic rings. The van der Waals surface area contributed by atoms with E-state index in [0.717, 1.165) is 11.3 Å². The number of nitrogens with zero attached hydrogens (tertiary/aromatic N) is 2. The van der Waals surface area contributed by atoms with Crippen LogP contribution in [0, 0.1) is 4.91 Å². The highest BCUT2D eigenvalue weighted by Gasteiger charge is 2.19. The summed E-state index contributed by atoms with van der Waals surface area (Å²) in [5.74, 6) is 0.560. The number of benzene rings is 2. The predicted octanol–water partition coefficient (Wildman–Crippen LogP) is 5.23. The summed E-state index contributed by atoms with van der Waals surface area (Å²) in [5.41, 5.74) is 1.58. The zero-order valence-corrected chi connectivity index (χ0v) is 14.1. The van der Waals surface area contributed by atoms with Gasteiger partial charge in [0.2, 0.25) is 5.88 Å². The standard InChI is InChI=1S/C18H17ClN2O3/c1-11(2)24-16-6-4-3-5-12(16)10-21-15-8-7-13(19)9-14(15)17(20-23)18(21)22/h3-9,11,22H,10H2,1-2H3. The van der Waals surface area contributed by atoms with Gasteiger partial charge in [0.25, 0.3) is 0 Å². The Morgan fingerprint density at radius 1 is 1.25 bits per heavy atom. The monoisotopic (exact) mass is 344 g/mol. The molecule has 0 amide bonds. The number of para-hydroxylation sites is 1. The highest BCUT2D eigenvalue weighted by Crippen LogP contribution is 2.40. The van der Waals surface area contributed by atoms with Gasteiger partial charge in [-0.05, 0) is 43.3 Å². The minimum absolute atomic E-state index is 0.00485. The first-order valence-electron chi connectivity index (χ1n) is 7.60. The quantitative estimate of drug-likeness (QED) is 0.644. The Bertz CT molecular complexity index is 903. The van der Waals surface area contributed by atoms with E-state index in [4.69, 9.17) is 16.3 Å². The number of aromatic nitrogens is 1. The number of fused-ring (bicyclic) bond motifs is 1. The molecule has 1 aromatic heterocycles. The Labute approximate surface area is 144 Å². The van der Waals surface area contributed by atoms with Crippen molar-refractivity contribution in [3.05, 3.63) is 58.0 Å². The minimum Gasteiger partial charge on any atom is -0.493 e. The van der Waals surface area contributed by atoms with Crippen LogP contribution in [-0.2, 0) is 6.54 Å². The lowest BCUT2D eigenvalue weighted by Gasteiger charge is -2.15. The number of rotatable bonds is 5. The Kier molecular flexibility index (Phi) is 4.44. The second kappa shape index (κ2) is 6.53. The van der Waals surface area contributed by atoms with E-state index in [1.807, 2.05) is 38.1 Å². The molecule has 1 heterocycles. The average molecular weight is 345 g/mol. The van der Waals surface area contributed by atoms with Crippen LogP contribution in [0.3, 0.4) is 0 Å². The van der Waals surface area contributed by atoms with E-state index in [1.165, 1.54) is 0 Å². The predicted molar refractivity (Wildman–Crippen MR) is 95.4 cm³/mol. The molecule has 0 fully saturated rings. The fraction of sp³-hybridized carbons (Fsp3) is 0.222. The van der Waals surface area contributed by atoms with Gasteiger partial charge in [0.15, 0.2) is 5.69 Å². The van der Waals surface area contributed by atoms with Crippen molar-refractivity contribution in [3.63, 3.8) is 0 Å². The van der Waals surface area contributed by atoms with Crippen molar-refractivity contribution in [1.82, 2.24) is 4.57 Å². The molecule has 1 N–H and O–H groups in total. The van der Waals surface area contributed by atoms with E-state index >= 15 is 0 Å². The Morgan fingerprint density at radius 3 is 2.71 bits per heavy atom. The summed E-state index contributed by atoms with van der Waals surface area (Å²) in [7, 11) is 0. The fourth-order valence-electron chi connectivity index (χ4n) is 2.72. The molecule has 0 aliphatic heterocycles. The van der Waals surface area contributed by atoms with E-state index < -0.39 is 0 Å². The lowest BCUT2D eigenvalue weighted by molar-refractivity contribution is 0.239. The molecule has 0 atom stereocenters. The normalized spacial score (nSPS) is 11.2. The van der Waals surface area contributed by atoms with Gasteiger partial charge in [-0.1, -0.05) is 29.8 Å². The molecule has 0 saturated heterocycles. The summed E-state index contributed by atoms with van der Waals surface area (Å²) in [6.07, 6.45) is 0.0344. The summed E-state index contributed by atoms with van der Waals surface area (Å²) in [4.78, 5) is 11.1. The first-order chi connectivity index (χ1) is 11.5. The topological polar surface area (TPSA) is 63.8 Å². The zero-order chi connectivity index (χ0) is 17.3. The van der Waals surface area contributed by atoms with E-state index in [1.54, 1.807) is 22.8 Å². The fourth-order valence-corrected chi connectivity index (χ4v) is 2.89. The lowest BCUT2D eigenvalue weighted by Crippen LogP contribution is -2.09. The van der Waals surface area contributed by atoms with Gasteiger partial charge in [-0.25, -0.2) is 0 Å². The maximum Gasteiger partial charge on any atom is 0.222 e. The van der Waals surface area contributed by atoms with E-state index in [2.05, 4.69) is 5.18 Å². The molecule has 0 bridgehead atoms. The smallest absolute Gasteiger partial charge is 0.222 e. The Morgan fingerprint density at radius 2 is 2.00 bits per heavy atom. The molecular weight excluding hydrogens is 328 g/mol. The van der Waals surface area contributed by atoms with Gasteiger partial charge in [-0.3, -0.25) is 0 Å². The summed E-state index contributed by atoms with van der Waals surface area (Å²) < 4.78 is 7.45. The highest BCUT2D eigenvalue weighted by atomic mass is 35.5. The molecule has 5 nitrogen and oxygen atoms in total. The van der Waals surface area contributed by atoms with Crippen LogP contribution < -0.4 is 4.74 Å². The molecule has 124 valence electrons. The van der Waals surface area contributed by atoms with Gasteiger partial charge in [-0.15, -0.1) is 4.91 Å². The molecule has 0 spiro atoms. The SMILES string of the molecule is CC(C)Oc1ccccc1Cn1c(O)c(N=O)c2cc(Cl)ccc21.